The van der Waals surface area contributed by atoms with Crippen molar-refractivity contribution in [1.82, 2.24) is 4.72 Å². The molecule has 0 bridgehead atoms. The van der Waals surface area contributed by atoms with Crippen LogP contribution in [0.5, 0.6) is 0 Å². The zero-order chi connectivity index (χ0) is 14.7. The average molecular weight is 291 g/mol. The highest BCUT2D eigenvalue weighted by atomic mass is 32.2. The fraction of sp³-hybridized carbons (Fsp3) is 0.923. The first-order chi connectivity index (χ1) is 8.62. The molecule has 1 N–H and O–H groups in total. The third-order valence-corrected chi connectivity index (χ3v) is 5.12. The van der Waals surface area contributed by atoms with E-state index in [0.29, 0.717) is 12.8 Å². The van der Waals surface area contributed by atoms with Gasteiger partial charge in [0.05, 0.1) is 5.25 Å². The molecule has 0 aliphatic heterocycles. The van der Waals surface area contributed by atoms with Crippen molar-refractivity contribution in [2.24, 2.45) is 0 Å². The molecule has 0 radical (unpaired) electrons. The third kappa shape index (κ3) is 5.48. The average Bonchev–Trinajstić information content (AvgIpc) is 2.27. The van der Waals surface area contributed by atoms with Crippen LogP contribution in [0.4, 0.5) is 0 Å². The van der Waals surface area contributed by atoms with Crippen LogP contribution >= 0.6 is 0 Å². The van der Waals surface area contributed by atoms with Crippen molar-refractivity contribution >= 4 is 16.0 Å². The van der Waals surface area contributed by atoms with Gasteiger partial charge in [-0.3, -0.25) is 4.79 Å². The molecule has 1 aliphatic carbocycles. The minimum atomic E-state index is -3.43. The van der Waals surface area contributed by atoms with E-state index in [1.165, 1.54) is 6.92 Å². The summed E-state index contributed by atoms with van der Waals surface area (Å²) in [6.07, 6.45) is 4.32. The van der Waals surface area contributed by atoms with E-state index in [-0.39, 0.29) is 5.25 Å². The molecular formula is C13H25NO4S. The van der Waals surface area contributed by atoms with E-state index in [4.69, 9.17) is 4.74 Å². The van der Waals surface area contributed by atoms with Crippen LogP contribution in [0.2, 0.25) is 0 Å². The maximum absolute atomic E-state index is 12.1. The highest BCUT2D eigenvalue weighted by Crippen LogP contribution is 2.23. The van der Waals surface area contributed by atoms with E-state index >= 15 is 0 Å². The first-order valence-electron chi connectivity index (χ1n) is 6.86. The quantitative estimate of drug-likeness (QED) is 0.804. The standard InChI is InChI=1S/C13H25NO4S/c1-10(12(15)18-13(2,3)4)14-19(16,17)11-8-6-5-7-9-11/h10-11,14H,5-9H2,1-4H3/t10-/m0/s1. The Morgan fingerprint density at radius 3 is 2.21 bits per heavy atom. The molecule has 1 saturated carbocycles. The van der Waals surface area contributed by atoms with Crippen molar-refractivity contribution in [2.75, 3.05) is 0 Å². The summed E-state index contributed by atoms with van der Waals surface area (Å²) >= 11 is 0. The predicted molar refractivity (Wildman–Crippen MR) is 74.2 cm³/mol. The van der Waals surface area contributed by atoms with Crippen molar-refractivity contribution in [1.29, 1.82) is 0 Å². The van der Waals surface area contributed by atoms with Crippen molar-refractivity contribution in [3.63, 3.8) is 0 Å². The van der Waals surface area contributed by atoms with Crippen LogP contribution in [-0.2, 0) is 19.6 Å². The van der Waals surface area contributed by atoms with Crippen molar-refractivity contribution < 1.29 is 17.9 Å². The van der Waals surface area contributed by atoms with Crippen molar-refractivity contribution in [3.8, 4) is 0 Å². The number of ether oxygens (including phenoxy) is 1. The Kier molecular flexibility index (Phi) is 5.38. The van der Waals surface area contributed by atoms with E-state index in [1.807, 2.05) is 0 Å². The first kappa shape index (κ1) is 16.4. The lowest BCUT2D eigenvalue weighted by molar-refractivity contribution is -0.156. The molecule has 6 heteroatoms. The van der Waals surface area contributed by atoms with Crippen LogP contribution in [-0.4, -0.2) is 31.3 Å². The van der Waals surface area contributed by atoms with E-state index in [1.54, 1.807) is 20.8 Å². The van der Waals surface area contributed by atoms with Crippen LogP contribution in [0.15, 0.2) is 0 Å². The third-order valence-electron chi connectivity index (χ3n) is 3.09. The molecule has 0 saturated heterocycles. The number of carbonyl (C=O) groups is 1. The number of sulfonamides is 1. The molecule has 1 fully saturated rings. The fourth-order valence-electron chi connectivity index (χ4n) is 2.16. The van der Waals surface area contributed by atoms with Crippen LogP contribution in [0.25, 0.3) is 0 Å². The number of rotatable bonds is 4. The van der Waals surface area contributed by atoms with Crippen LogP contribution in [0.3, 0.4) is 0 Å². The molecule has 1 rings (SSSR count). The van der Waals surface area contributed by atoms with E-state index < -0.39 is 27.6 Å². The van der Waals surface area contributed by atoms with Gasteiger partial charge in [-0.1, -0.05) is 19.3 Å². The molecule has 0 amide bonds. The lowest BCUT2D eigenvalue weighted by atomic mass is 10.0. The van der Waals surface area contributed by atoms with Crippen LogP contribution in [0, 0.1) is 0 Å². The molecule has 1 atom stereocenters. The summed E-state index contributed by atoms with van der Waals surface area (Å²) in [7, 11) is -3.43. The van der Waals surface area contributed by atoms with Crippen molar-refractivity contribution in [3.05, 3.63) is 0 Å². The SMILES string of the molecule is C[C@H](NS(=O)(=O)C1CCCCC1)C(=O)OC(C)(C)C. The minimum absolute atomic E-state index is 0.369. The highest BCUT2D eigenvalue weighted by molar-refractivity contribution is 7.90. The fourth-order valence-corrected chi connectivity index (χ4v) is 3.89. The lowest BCUT2D eigenvalue weighted by Crippen LogP contribution is -2.46. The summed E-state index contributed by atoms with van der Waals surface area (Å²) in [5, 5.41) is -0.369. The zero-order valence-electron chi connectivity index (χ0n) is 12.2. The molecule has 0 spiro atoms. The van der Waals surface area contributed by atoms with Gasteiger partial charge >= 0.3 is 5.97 Å². The maximum Gasteiger partial charge on any atom is 0.324 e. The van der Waals surface area contributed by atoms with Gasteiger partial charge < -0.3 is 4.74 Å². The normalized spacial score (nSPS) is 20.0. The predicted octanol–water partition coefficient (Wildman–Crippen LogP) is 1.97. The van der Waals surface area contributed by atoms with Gasteiger partial charge in [-0.2, -0.15) is 0 Å². The topological polar surface area (TPSA) is 72.5 Å². The molecule has 0 aromatic rings. The van der Waals surface area contributed by atoms with Gasteiger partial charge in [0.25, 0.3) is 0 Å². The smallest absolute Gasteiger partial charge is 0.324 e. The Morgan fingerprint density at radius 1 is 1.21 bits per heavy atom. The monoisotopic (exact) mass is 291 g/mol. The molecule has 19 heavy (non-hydrogen) atoms. The van der Waals surface area contributed by atoms with E-state index in [2.05, 4.69) is 4.72 Å². The van der Waals surface area contributed by atoms with E-state index in [0.717, 1.165) is 19.3 Å². The van der Waals surface area contributed by atoms with Gasteiger partial charge in [0, 0.05) is 0 Å². The van der Waals surface area contributed by atoms with Gasteiger partial charge in [-0.15, -0.1) is 0 Å². The summed E-state index contributed by atoms with van der Waals surface area (Å²) in [4.78, 5) is 11.8. The van der Waals surface area contributed by atoms with Gasteiger partial charge in [0.15, 0.2) is 0 Å². The van der Waals surface area contributed by atoms with Crippen LogP contribution < -0.4 is 4.72 Å². The van der Waals surface area contributed by atoms with Gasteiger partial charge in [-0.25, -0.2) is 13.1 Å². The number of carbonyl (C=O) groups excluding carboxylic acids is 1. The second-order valence-corrected chi connectivity index (χ2v) is 8.17. The Labute approximate surface area is 116 Å². The summed E-state index contributed by atoms with van der Waals surface area (Å²) in [5.41, 5.74) is -0.610. The summed E-state index contributed by atoms with van der Waals surface area (Å²) in [6.45, 7) is 6.79. The highest BCUT2D eigenvalue weighted by Gasteiger charge is 2.31. The minimum Gasteiger partial charge on any atom is -0.459 e. The molecule has 112 valence electrons. The Hall–Kier alpha value is -0.620. The Balaban J connectivity index is 2.59. The number of nitrogens with one attached hydrogen (secondary N) is 1. The second-order valence-electron chi connectivity index (χ2n) is 6.18. The van der Waals surface area contributed by atoms with Gasteiger partial charge in [-0.05, 0) is 40.5 Å². The van der Waals surface area contributed by atoms with E-state index in [9.17, 15) is 13.2 Å². The summed E-state index contributed by atoms with van der Waals surface area (Å²) in [5.74, 6) is -0.535. The second kappa shape index (κ2) is 6.22. The zero-order valence-corrected chi connectivity index (χ0v) is 13.0. The molecule has 5 nitrogen and oxygen atoms in total. The molecule has 0 unspecified atom stereocenters. The first-order valence-corrected chi connectivity index (χ1v) is 8.40. The lowest BCUT2D eigenvalue weighted by Gasteiger charge is -2.26. The maximum atomic E-state index is 12.1. The number of hydrogen-bond acceptors (Lipinski definition) is 4. The molecule has 0 aromatic heterocycles. The molecule has 0 heterocycles. The number of hydrogen-bond donors (Lipinski definition) is 1. The van der Waals surface area contributed by atoms with Crippen LogP contribution in [0.1, 0.15) is 59.8 Å². The van der Waals surface area contributed by atoms with Gasteiger partial charge in [0.1, 0.15) is 11.6 Å². The molecule has 0 aromatic carbocycles. The molecule has 1 aliphatic rings. The Bertz CT molecular complexity index is 405. The summed E-state index contributed by atoms with van der Waals surface area (Å²) < 4.78 is 31.9. The number of esters is 1. The Morgan fingerprint density at radius 2 is 1.74 bits per heavy atom. The summed E-state index contributed by atoms with van der Waals surface area (Å²) in [6, 6.07) is -0.842. The van der Waals surface area contributed by atoms with Crippen molar-refractivity contribution in [2.45, 2.75) is 76.7 Å². The molecular weight excluding hydrogens is 266 g/mol. The largest absolute Gasteiger partial charge is 0.459 e. The van der Waals surface area contributed by atoms with Gasteiger partial charge in [0.2, 0.25) is 10.0 Å².